The van der Waals surface area contributed by atoms with Crippen molar-refractivity contribution >= 4 is 32.6 Å². The number of thiazole rings is 1. The fourth-order valence-electron chi connectivity index (χ4n) is 2.12. The molecule has 0 aliphatic carbocycles. The van der Waals surface area contributed by atoms with Crippen LogP contribution in [-0.2, 0) is 11.3 Å². The minimum Gasteiger partial charge on any atom is -0.284 e. The Morgan fingerprint density at radius 2 is 2.19 bits per heavy atom. The molecule has 1 amide bonds. The van der Waals surface area contributed by atoms with Gasteiger partial charge in [0.1, 0.15) is 0 Å². The number of carbonyl (C=O) groups excluding carboxylic acids is 1. The molecule has 0 aliphatic rings. The standard InChI is InChI=1S/C16H15N3OS/c1-11-5-6-14-15(8-11)21-16(18-14)19(12(2)20)10-13-4-3-7-17-9-13/h3-9H,10H2,1-2H3. The molecular weight excluding hydrogens is 282 g/mol. The predicted molar refractivity (Wildman–Crippen MR) is 85.5 cm³/mol. The van der Waals surface area contributed by atoms with Gasteiger partial charge in [0.2, 0.25) is 5.91 Å². The molecule has 0 saturated carbocycles. The average Bonchev–Trinajstić information content (AvgIpc) is 2.88. The van der Waals surface area contributed by atoms with Gasteiger partial charge in [-0.05, 0) is 36.2 Å². The fourth-order valence-corrected chi connectivity index (χ4v) is 3.23. The second-order valence-electron chi connectivity index (χ2n) is 4.93. The van der Waals surface area contributed by atoms with Gasteiger partial charge in [-0.1, -0.05) is 23.5 Å². The maximum absolute atomic E-state index is 12.0. The number of hydrogen-bond acceptors (Lipinski definition) is 4. The lowest BCUT2D eigenvalue weighted by molar-refractivity contribution is -0.116. The SMILES string of the molecule is CC(=O)N(Cc1cccnc1)c1nc2ccc(C)cc2s1. The first-order valence-corrected chi connectivity index (χ1v) is 7.49. The predicted octanol–water partition coefficient (Wildman–Crippen LogP) is 3.55. The highest BCUT2D eigenvalue weighted by Gasteiger charge is 2.16. The van der Waals surface area contributed by atoms with E-state index < -0.39 is 0 Å². The van der Waals surface area contributed by atoms with Crippen molar-refractivity contribution in [1.82, 2.24) is 9.97 Å². The van der Waals surface area contributed by atoms with Crippen LogP contribution in [-0.4, -0.2) is 15.9 Å². The molecule has 0 aliphatic heterocycles. The number of hydrogen-bond donors (Lipinski definition) is 0. The molecule has 1 aromatic carbocycles. The van der Waals surface area contributed by atoms with Crippen LogP contribution in [0.5, 0.6) is 0 Å². The van der Waals surface area contributed by atoms with Gasteiger partial charge in [-0.3, -0.25) is 14.7 Å². The van der Waals surface area contributed by atoms with E-state index in [-0.39, 0.29) is 5.91 Å². The molecule has 0 fully saturated rings. The molecule has 21 heavy (non-hydrogen) atoms. The van der Waals surface area contributed by atoms with Crippen LogP contribution in [0.1, 0.15) is 18.1 Å². The normalized spacial score (nSPS) is 10.8. The van der Waals surface area contributed by atoms with E-state index >= 15 is 0 Å². The third-order valence-corrected chi connectivity index (χ3v) is 4.25. The highest BCUT2D eigenvalue weighted by molar-refractivity contribution is 7.22. The third-order valence-electron chi connectivity index (χ3n) is 3.21. The number of aryl methyl sites for hydroxylation is 1. The van der Waals surface area contributed by atoms with E-state index in [1.807, 2.05) is 24.3 Å². The van der Waals surface area contributed by atoms with Gasteiger partial charge in [-0.15, -0.1) is 0 Å². The van der Waals surface area contributed by atoms with E-state index in [0.29, 0.717) is 6.54 Å². The van der Waals surface area contributed by atoms with E-state index in [4.69, 9.17) is 0 Å². The summed E-state index contributed by atoms with van der Waals surface area (Å²) < 4.78 is 1.10. The number of nitrogens with zero attached hydrogens (tertiary/aromatic N) is 3. The third kappa shape index (κ3) is 2.92. The van der Waals surface area contributed by atoms with Crippen LogP contribution in [0.4, 0.5) is 5.13 Å². The second kappa shape index (κ2) is 5.61. The smallest absolute Gasteiger partial charge is 0.225 e. The molecule has 0 atom stereocenters. The monoisotopic (exact) mass is 297 g/mol. The van der Waals surface area contributed by atoms with Crippen molar-refractivity contribution in [2.24, 2.45) is 0 Å². The summed E-state index contributed by atoms with van der Waals surface area (Å²) >= 11 is 1.54. The van der Waals surface area contributed by atoms with Gasteiger partial charge in [0.05, 0.1) is 16.8 Å². The van der Waals surface area contributed by atoms with Crippen LogP contribution in [0, 0.1) is 6.92 Å². The molecule has 4 nitrogen and oxygen atoms in total. The number of aromatic nitrogens is 2. The molecule has 2 aromatic heterocycles. The van der Waals surface area contributed by atoms with Crippen LogP contribution < -0.4 is 4.90 Å². The summed E-state index contributed by atoms with van der Waals surface area (Å²) in [6.45, 7) is 4.10. The van der Waals surface area contributed by atoms with Crippen molar-refractivity contribution in [3.05, 3.63) is 53.9 Å². The number of anilines is 1. The molecule has 5 heteroatoms. The minimum atomic E-state index is -0.0189. The summed E-state index contributed by atoms with van der Waals surface area (Å²) in [5, 5.41) is 0.729. The highest BCUT2D eigenvalue weighted by atomic mass is 32.1. The number of amides is 1. The Bertz CT molecular complexity index is 783. The molecule has 3 aromatic rings. The van der Waals surface area contributed by atoms with Crippen LogP contribution in [0.25, 0.3) is 10.2 Å². The molecule has 0 N–H and O–H groups in total. The van der Waals surface area contributed by atoms with Gasteiger partial charge in [-0.25, -0.2) is 4.98 Å². The Labute approximate surface area is 127 Å². The topological polar surface area (TPSA) is 46.1 Å². The van der Waals surface area contributed by atoms with Crippen LogP contribution in [0.3, 0.4) is 0 Å². The van der Waals surface area contributed by atoms with E-state index in [0.717, 1.165) is 20.9 Å². The lowest BCUT2D eigenvalue weighted by Gasteiger charge is -2.17. The van der Waals surface area contributed by atoms with Crippen molar-refractivity contribution in [1.29, 1.82) is 0 Å². The van der Waals surface area contributed by atoms with Gasteiger partial charge in [0.15, 0.2) is 5.13 Å². The van der Waals surface area contributed by atoms with Gasteiger partial charge in [0.25, 0.3) is 0 Å². The maximum atomic E-state index is 12.0. The molecule has 0 unspecified atom stereocenters. The Morgan fingerprint density at radius 1 is 1.33 bits per heavy atom. The molecular formula is C16H15N3OS. The summed E-state index contributed by atoms with van der Waals surface area (Å²) in [4.78, 5) is 22.3. The maximum Gasteiger partial charge on any atom is 0.225 e. The van der Waals surface area contributed by atoms with Gasteiger partial charge >= 0.3 is 0 Å². The number of benzene rings is 1. The average molecular weight is 297 g/mol. The number of carbonyl (C=O) groups is 1. The first-order chi connectivity index (χ1) is 10.1. The second-order valence-corrected chi connectivity index (χ2v) is 5.94. The van der Waals surface area contributed by atoms with E-state index in [1.165, 1.54) is 5.56 Å². The highest BCUT2D eigenvalue weighted by Crippen LogP contribution is 2.30. The van der Waals surface area contributed by atoms with Crippen molar-refractivity contribution in [2.45, 2.75) is 20.4 Å². The number of fused-ring (bicyclic) bond motifs is 1. The van der Waals surface area contributed by atoms with Gasteiger partial charge in [-0.2, -0.15) is 0 Å². The minimum absolute atomic E-state index is 0.0189. The zero-order chi connectivity index (χ0) is 14.8. The molecule has 106 valence electrons. The van der Waals surface area contributed by atoms with Crippen molar-refractivity contribution in [3.8, 4) is 0 Å². The van der Waals surface area contributed by atoms with Gasteiger partial charge in [0, 0.05) is 19.3 Å². The van der Waals surface area contributed by atoms with Crippen LogP contribution in [0.2, 0.25) is 0 Å². The quantitative estimate of drug-likeness (QED) is 0.742. The van der Waals surface area contributed by atoms with E-state index in [2.05, 4.69) is 23.0 Å². The summed E-state index contributed by atoms with van der Waals surface area (Å²) in [6.07, 6.45) is 3.50. The molecule has 0 spiro atoms. The summed E-state index contributed by atoms with van der Waals surface area (Å²) in [5.41, 5.74) is 3.11. The Balaban J connectivity index is 1.97. The molecule has 0 saturated heterocycles. The van der Waals surface area contributed by atoms with Crippen molar-refractivity contribution in [2.75, 3.05) is 4.90 Å². The Morgan fingerprint density at radius 3 is 2.90 bits per heavy atom. The zero-order valence-electron chi connectivity index (χ0n) is 11.9. The fraction of sp³-hybridized carbons (Fsp3) is 0.188. The summed E-state index contributed by atoms with van der Waals surface area (Å²) in [7, 11) is 0. The summed E-state index contributed by atoms with van der Waals surface area (Å²) in [6, 6.07) is 9.95. The van der Waals surface area contributed by atoms with Gasteiger partial charge < -0.3 is 0 Å². The molecule has 0 bridgehead atoms. The van der Waals surface area contributed by atoms with E-state index in [9.17, 15) is 4.79 Å². The van der Waals surface area contributed by atoms with Crippen LogP contribution >= 0.6 is 11.3 Å². The van der Waals surface area contributed by atoms with E-state index in [1.54, 1.807) is 35.6 Å². The number of pyridine rings is 1. The van der Waals surface area contributed by atoms with Crippen molar-refractivity contribution < 1.29 is 4.79 Å². The molecule has 0 radical (unpaired) electrons. The van der Waals surface area contributed by atoms with Crippen LogP contribution in [0.15, 0.2) is 42.7 Å². The largest absolute Gasteiger partial charge is 0.284 e. The summed E-state index contributed by atoms with van der Waals surface area (Å²) in [5.74, 6) is -0.0189. The Hall–Kier alpha value is -2.27. The zero-order valence-corrected chi connectivity index (χ0v) is 12.7. The molecule has 2 heterocycles. The van der Waals surface area contributed by atoms with Crippen molar-refractivity contribution in [3.63, 3.8) is 0 Å². The first kappa shape index (κ1) is 13.7. The lowest BCUT2D eigenvalue weighted by atomic mass is 10.2. The lowest BCUT2D eigenvalue weighted by Crippen LogP contribution is -2.27. The molecule has 3 rings (SSSR count). The Kier molecular flexibility index (Phi) is 3.66. The number of rotatable bonds is 3. The first-order valence-electron chi connectivity index (χ1n) is 6.68.